The molecule has 0 aliphatic carbocycles. The summed E-state index contributed by atoms with van der Waals surface area (Å²) in [7, 11) is -0.603. The Morgan fingerprint density at radius 3 is 2.12 bits per heavy atom. The van der Waals surface area contributed by atoms with Gasteiger partial charge in [-0.25, -0.2) is 0 Å². The smallest absolute Gasteiger partial charge is 0.399 e. The SMILES string of the molecule is C=C/C(=C\N(CCC(=O)NC(C)C)C(C)=O)B1OC(C)(C)C(C)(C)O1. The zero-order chi connectivity index (χ0) is 19.4. The minimum absolute atomic E-state index is 0.0716. The van der Waals surface area contributed by atoms with Gasteiger partial charge in [-0.1, -0.05) is 12.7 Å². The van der Waals surface area contributed by atoms with E-state index in [2.05, 4.69) is 11.9 Å². The molecular weight excluding hydrogens is 319 g/mol. The van der Waals surface area contributed by atoms with Gasteiger partial charge in [-0.15, -0.1) is 0 Å². The molecule has 0 unspecified atom stereocenters. The van der Waals surface area contributed by atoms with Gasteiger partial charge in [0.25, 0.3) is 0 Å². The van der Waals surface area contributed by atoms with Gasteiger partial charge in [0, 0.05) is 32.1 Å². The summed E-state index contributed by atoms with van der Waals surface area (Å²) in [5.74, 6) is -0.251. The number of rotatable bonds is 7. The molecule has 0 aromatic carbocycles. The van der Waals surface area contributed by atoms with Gasteiger partial charge in [-0.3, -0.25) is 9.59 Å². The van der Waals surface area contributed by atoms with Crippen LogP contribution in [0.5, 0.6) is 0 Å². The zero-order valence-electron chi connectivity index (χ0n) is 16.5. The molecule has 1 fully saturated rings. The first-order chi connectivity index (χ1) is 11.4. The second kappa shape index (κ2) is 8.19. The van der Waals surface area contributed by atoms with Gasteiger partial charge in [0.2, 0.25) is 11.8 Å². The van der Waals surface area contributed by atoms with Crippen LogP contribution in [0.3, 0.4) is 0 Å². The highest BCUT2D eigenvalue weighted by Crippen LogP contribution is 2.38. The fourth-order valence-corrected chi connectivity index (χ4v) is 2.30. The minimum Gasteiger partial charge on any atom is -0.399 e. The van der Waals surface area contributed by atoms with Gasteiger partial charge >= 0.3 is 7.12 Å². The van der Waals surface area contributed by atoms with E-state index in [9.17, 15) is 9.59 Å². The average molecular weight is 350 g/mol. The zero-order valence-corrected chi connectivity index (χ0v) is 16.5. The van der Waals surface area contributed by atoms with Crippen molar-refractivity contribution in [2.75, 3.05) is 6.54 Å². The lowest BCUT2D eigenvalue weighted by Crippen LogP contribution is -2.41. The minimum atomic E-state index is -0.603. The molecule has 1 aliphatic rings. The fourth-order valence-electron chi connectivity index (χ4n) is 2.30. The lowest BCUT2D eigenvalue weighted by atomic mass is 9.78. The van der Waals surface area contributed by atoms with Crippen LogP contribution in [0.25, 0.3) is 0 Å². The maximum absolute atomic E-state index is 11.9. The van der Waals surface area contributed by atoms with Gasteiger partial charge in [0.05, 0.1) is 11.2 Å². The Bertz CT molecular complexity index is 539. The average Bonchev–Trinajstić information content (AvgIpc) is 2.66. The molecule has 1 N–H and O–H groups in total. The van der Waals surface area contributed by atoms with E-state index < -0.39 is 18.3 Å². The Balaban J connectivity index is 2.87. The standard InChI is InChI=1S/C18H31BN2O4/c1-9-15(19-24-17(5,6)18(7,8)25-19)12-21(14(4)22)11-10-16(23)20-13(2)3/h9,12-13H,1,10-11H2,2-8H3,(H,20,23)/b15-12+. The van der Waals surface area contributed by atoms with Crippen LogP contribution in [0.15, 0.2) is 24.3 Å². The van der Waals surface area contributed by atoms with Crippen molar-refractivity contribution >= 4 is 18.9 Å². The highest BCUT2D eigenvalue weighted by Gasteiger charge is 2.52. The molecule has 0 aromatic heterocycles. The van der Waals surface area contributed by atoms with Gasteiger partial charge in [0.1, 0.15) is 0 Å². The van der Waals surface area contributed by atoms with Crippen LogP contribution in [0.2, 0.25) is 0 Å². The van der Waals surface area contributed by atoms with E-state index >= 15 is 0 Å². The molecule has 0 atom stereocenters. The summed E-state index contributed by atoms with van der Waals surface area (Å²) in [6, 6.07) is 0.0716. The van der Waals surface area contributed by atoms with Crippen molar-refractivity contribution in [3.8, 4) is 0 Å². The molecule has 2 amide bonds. The second-order valence-corrected chi connectivity index (χ2v) is 7.61. The molecular formula is C18H31BN2O4. The summed E-state index contributed by atoms with van der Waals surface area (Å²) in [6.45, 7) is 17.2. The maximum Gasteiger partial charge on any atom is 0.496 e. The Kier molecular flexibility index (Phi) is 7.03. The molecule has 0 bridgehead atoms. The molecule has 1 saturated heterocycles. The lowest BCUT2D eigenvalue weighted by molar-refractivity contribution is -0.127. The summed E-state index contributed by atoms with van der Waals surface area (Å²) in [4.78, 5) is 25.2. The van der Waals surface area contributed by atoms with Crippen LogP contribution in [0.4, 0.5) is 0 Å². The fraction of sp³-hybridized carbons (Fsp3) is 0.667. The number of allylic oxidation sites excluding steroid dienone is 2. The summed E-state index contributed by atoms with van der Waals surface area (Å²) < 4.78 is 12.0. The van der Waals surface area contributed by atoms with Crippen LogP contribution < -0.4 is 5.32 Å². The number of hydrogen-bond donors (Lipinski definition) is 1. The topological polar surface area (TPSA) is 67.9 Å². The summed E-state index contributed by atoms with van der Waals surface area (Å²) in [5.41, 5.74) is -0.297. The predicted molar refractivity (Wildman–Crippen MR) is 99.6 cm³/mol. The van der Waals surface area contributed by atoms with Crippen LogP contribution in [-0.4, -0.2) is 47.6 Å². The molecule has 0 aromatic rings. The molecule has 1 aliphatic heterocycles. The van der Waals surface area contributed by atoms with Crippen LogP contribution in [0.1, 0.15) is 54.9 Å². The molecule has 0 spiro atoms. The Morgan fingerprint density at radius 1 is 1.20 bits per heavy atom. The third-order valence-corrected chi connectivity index (χ3v) is 4.50. The lowest BCUT2D eigenvalue weighted by Gasteiger charge is -2.32. The van der Waals surface area contributed by atoms with Gasteiger partial charge < -0.3 is 19.5 Å². The van der Waals surface area contributed by atoms with E-state index in [0.717, 1.165) is 0 Å². The normalized spacial score (nSPS) is 19.0. The van der Waals surface area contributed by atoms with Crippen LogP contribution in [-0.2, 0) is 18.9 Å². The third kappa shape index (κ3) is 5.71. The van der Waals surface area contributed by atoms with Crippen LogP contribution in [0, 0.1) is 0 Å². The highest BCUT2D eigenvalue weighted by atomic mass is 16.7. The number of amides is 2. The van der Waals surface area contributed by atoms with E-state index in [4.69, 9.17) is 9.31 Å². The summed E-state index contributed by atoms with van der Waals surface area (Å²) >= 11 is 0. The van der Waals surface area contributed by atoms with E-state index in [1.165, 1.54) is 11.8 Å². The van der Waals surface area contributed by atoms with Crippen molar-refractivity contribution in [2.24, 2.45) is 0 Å². The van der Waals surface area contributed by atoms with Gasteiger partial charge in [0.15, 0.2) is 0 Å². The van der Waals surface area contributed by atoms with Crippen molar-refractivity contribution in [2.45, 2.75) is 72.1 Å². The molecule has 140 valence electrons. The molecule has 0 radical (unpaired) electrons. The van der Waals surface area contributed by atoms with Gasteiger partial charge in [-0.2, -0.15) is 0 Å². The molecule has 1 heterocycles. The van der Waals surface area contributed by atoms with Crippen molar-refractivity contribution in [1.29, 1.82) is 0 Å². The number of hydrogen-bond acceptors (Lipinski definition) is 4. The first-order valence-corrected chi connectivity index (χ1v) is 8.66. The first kappa shape index (κ1) is 21.4. The molecule has 6 nitrogen and oxygen atoms in total. The van der Waals surface area contributed by atoms with Crippen LogP contribution >= 0.6 is 0 Å². The number of carbonyl (C=O) groups excluding carboxylic acids is 2. The maximum atomic E-state index is 11.9. The largest absolute Gasteiger partial charge is 0.496 e. The predicted octanol–water partition coefficient (Wildman–Crippen LogP) is 2.45. The Morgan fingerprint density at radius 2 is 1.72 bits per heavy atom. The number of nitrogens with one attached hydrogen (secondary N) is 1. The van der Waals surface area contributed by atoms with Crippen molar-refractivity contribution < 1.29 is 18.9 Å². The van der Waals surface area contributed by atoms with E-state index in [1.807, 2.05) is 41.5 Å². The number of carbonyl (C=O) groups is 2. The third-order valence-electron chi connectivity index (χ3n) is 4.50. The van der Waals surface area contributed by atoms with E-state index in [1.54, 1.807) is 12.3 Å². The van der Waals surface area contributed by atoms with Gasteiger partial charge in [-0.05, 0) is 47.0 Å². The van der Waals surface area contributed by atoms with Crippen molar-refractivity contribution in [3.63, 3.8) is 0 Å². The summed E-state index contributed by atoms with van der Waals surface area (Å²) in [5, 5.41) is 2.81. The molecule has 7 heteroatoms. The molecule has 25 heavy (non-hydrogen) atoms. The molecule has 0 saturated carbocycles. The Hall–Kier alpha value is -1.60. The second-order valence-electron chi connectivity index (χ2n) is 7.61. The summed E-state index contributed by atoms with van der Waals surface area (Å²) in [6.07, 6.45) is 3.49. The van der Waals surface area contributed by atoms with E-state index in [0.29, 0.717) is 5.47 Å². The monoisotopic (exact) mass is 350 g/mol. The molecule has 1 rings (SSSR count). The van der Waals surface area contributed by atoms with Crippen molar-refractivity contribution in [3.05, 3.63) is 24.3 Å². The Labute approximate surface area is 151 Å². The number of nitrogens with zero attached hydrogens (tertiary/aromatic N) is 1. The first-order valence-electron chi connectivity index (χ1n) is 8.66. The van der Waals surface area contributed by atoms with Crippen molar-refractivity contribution in [1.82, 2.24) is 10.2 Å². The highest BCUT2D eigenvalue weighted by molar-refractivity contribution is 6.55. The van der Waals surface area contributed by atoms with E-state index in [-0.39, 0.29) is 30.8 Å². The quantitative estimate of drug-likeness (QED) is 0.566.